The lowest BCUT2D eigenvalue weighted by Gasteiger charge is -2.17. The van der Waals surface area contributed by atoms with E-state index in [0.717, 1.165) is 17.3 Å². The first-order valence-corrected chi connectivity index (χ1v) is 9.52. The van der Waals surface area contributed by atoms with Gasteiger partial charge in [0.2, 0.25) is 0 Å². The zero-order valence-corrected chi connectivity index (χ0v) is 16.3. The minimum atomic E-state index is -0.275. The van der Waals surface area contributed by atoms with Crippen LogP contribution >= 0.6 is 15.9 Å². The number of anilines is 1. The van der Waals surface area contributed by atoms with Crippen molar-refractivity contribution in [3.8, 4) is 17.3 Å². The Morgan fingerprint density at radius 1 is 1.30 bits per heavy atom. The predicted octanol–water partition coefficient (Wildman–Crippen LogP) is 4.09. The van der Waals surface area contributed by atoms with Crippen LogP contribution in [0, 0.1) is 0 Å². The highest BCUT2D eigenvalue weighted by atomic mass is 79.9. The van der Waals surface area contributed by atoms with Crippen molar-refractivity contribution < 1.29 is 9.53 Å². The van der Waals surface area contributed by atoms with Crippen LogP contribution in [0.3, 0.4) is 0 Å². The molecular weight excluding hydrogens is 410 g/mol. The topological polar surface area (TPSA) is 81.9 Å². The van der Waals surface area contributed by atoms with Crippen molar-refractivity contribution in [2.75, 3.05) is 11.9 Å². The second kappa shape index (κ2) is 7.48. The summed E-state index contributed by atoms with van der Waals surface area (Å²) in [4.78, 5) is 17.3. The number of hydrogen-bond acceptors (Lipinski definition) is 5. The van der Waals surface area contributed by atoms with Gasteiger partial charge in [-0.15, -0.1) is 10.2 Å². The van der Waals surface area contributed by atoms with Gasteiger partial charge in [-0.25, -0.2) is 4.98 Å². The number of fused-ring (bicyclic) bond motifs is 5. The van der Waals surface area contributed by atoms with E-state index in [0.29, 0.717) is 35.3 Å². The minimum Gasteiger partial charge on any atom is -0.493 e. The van der Waals surface area contributed by atoms with Crippen molar-refractivity contribution in [1.29, 1.82) is 0 Å². The fourth-order valence-corrected chi connectivity index (χ4v) is 3.43. The molecule has 1 aliphatic heterocycles. The van der Waals surface area contributed by atoms with Crippen LogP contribution in [-0.4, -0.2) is 32.3 Å². The molecule has 8 heteroatoms. The van der Waals surface area contributed by atoms with Crippen LogP contribution in [0.1, 0.15) is 36.2 Å². The quantitative estimate of drug-likeness (QED) is 0.584. The molecule has 4 rings (SSSR count). The second-order valence-electron chi connectivity index (χ2n) is 6.40. The van der Waals surface area contributed by atoms with E-state index in [1.165, 1.54) is 0 Å². The van der Waals surface area contributed by atoms with Crippen molar-refractivity contribution >= 4 is 27.7 Å². The SMILES string of the molecule is CC1CCCOc2ccc(Br)cc2C(=O)Nc2cccc(n2)-c2nncn21. The Labute approximate surface area is 164 Å². The molecule has 0 spiro atoms. The molecule has 1 aromatic carbocycles. The summed E-state index contributed by atoms with van der Waals surface area (Å²) in [5.41, 5.74) is 1.13. The van der Waals surface area contributed by atoms with E-state index in [4.69, 9.17) is 4.74 Å². The summed E-state index contributed by atoms with van der Waals surface area (Å²) in [6.45, 7) is 2.64. The van der Waals surface area contributed by atoms with Crippen LogP contribution in [0.4, 0.5) is 5.82 Å². The molecule has 27 heavy (non-hydrogen) atoms. The highest BCUT2D eigenvalue weighted by Crippen LogP contribution is 2.27. The van der Waals surface area contributed by atoms with Gasteiger partial charge in [-0.2, -0.15) is 0 Å². The van der Waals surface area contributed by atoms with Crippen molar-refractivity contribution in [2.45, 2.75) is 25.8 Å². The van der Waals surface area contributed by atoms with Gasteiger partial charge in [-0.1, -0.05) is 22.0 Å². The number of nitrogens with one attached hydrogen (secondary N) is 1. The average Bonchev–Trinajstić information content (AvgIpc) is 3.15. The van der Waals surface area contributed by atoms with E-state index in [1.54, 1.807) is 24.5 Å². The van der Waals surface area contributed by atoms with Gasteiger partial charge in [-0.05, 0) is 50.1 Å². The molecule has 2 bridgehead atoms. The molecule has 1 aliphatic rings. The van der Waals surface area contributed by atoms with E-state index >= 15 is 0 Å². The monoisotopic (exact) mass is 427 g/mol. The van der Waals surface area contributed by atoms with Crippen LogP contribution in [0.2, 0.25) is 0 Å². The van der Waals surface area contributed by atoms with Crippen LogP contribution in [0.25, 0.3) is 11.5 Å². The first-order chi connectivity index (χ1) is 13.1. The maximum atomic E-state index is 12.8. The largest absolute Gasteiger partial charge is 0.493 e. The van der Waals surface area contributed by atoms with E-state index < -0.39 is 0 Å². The third-order valence-electron chi connectivity index (χ3n) is 4.48. The molecule has 0 saturated carbocycles. The number of carbonyl (C=O) groups excluding carboxylic acids is 1. The summed E-state index contributed by atoms with van der Waals surface area (Å²) in [7, 11) is 0. The number of amides is 1. The Bertz CT molecular complexity index is 988. The third-order valence-corrected chi connectivity index (χ3v) is 4.97. The maximum Gasteiger partial charge on any atom is 0.260 e. The maximum absolute atomic E-state index is 12.8. The fraction of sp³-hybridized carbons (Fsp3) is 0.263. The molecule has 0 fully saturated rings. The van der Waals surface area contributed by atoms with Gasteiger partial charge >= 0.3 is 0 Å². The van der Waals surface area contributed by atoms with Gasteiger partial charge in [0.1, 0.15) is 23.6 Å². The molecule has 7 nitrogen and oxygen atoms in total. The highest BCUT2D eigenvalue weighted by molar-refractivity contribution is 9.10. The predicted molar refractivity (Wildman–Crippen MR) is 105 cm³/mol. The fourth-order valence-electron chi connectivity index (χ4n) is 3.07. The zero-order valence-electron chi connectivity index (χ0n) is 14.7. The molecule has 2 aromatic heterocycles. The molecule has 3 aromatic rings. The van der Waals surface area contributed by atoms with E-state index in [1.807, 2.05) is 22.8 Å². The molecule has 0 radical (unpaired) electrons. The Hall–Kier alpha value is -2.74. The van der Waals surface area contributed by atoms with Crippen molar-refractivity contribution in [1.82, 2.24) is 19.7 Å². The summed E-state index contributed by atoms with van der Waals surface area (Å²) >= 11 is 3.42. The average molecular weight is 428 g/mol. The summed E-state index contributed by atoms with van der Waals surface area (Å²) < 4.78 is 8.70. The molecule has 138 valence electrons. The van der Waals surface area contributed by atoms with Crippen molar-refractivity contribution in [3.63, 3.8) is 0 Å². The van der Waals surface area contributed by atoms with Gasteiger partial charge in [0.05, 0.1) is 12.2 Å². The molecule has 1 unspecified atom stereocenters. The molecule has 0 saturated heterocycles. The minimum absolute atomic E-state index is 0.200. The van der Waals surface area contributed by atoms with Crippen molar-refractivity contribution in [2.24, 2.45) is 0 Å². The molecule has 1 amide bonds. The number of rotatable bonds is 0. The van der Waals surface area contributed by atoms with Crippen LogP contribution in [-0.2, 0) is 0 Å². The third kappa shape index (κ3) is 3.71. The highest BCUT2D eigenvalue weighted by Gasteiger charge is 2.18. The van der Waals surface area contributed by atoms with Gasteiger partial charge in [0, 0.05) is 10.5 Å². The number of benzene rings is 1. The lowest BCUT2D eigenvalue weighted by atomic mass is 10.1. The van der Waals surface area contributed by atoms with Crippen molar-refractivity contribution in [3.05, 3.63) is 52.8 Å². The lowest BCUT2D eigenvalue weighted by Crippen LogP contribution is -2.16. The normalized spacial score (nSPS) is 17.1. The number of hydrogen-bond donors (Lipinski definition) is 1. The van der Waals surface area contributed by atoms with E-state index in [9.17, 15) is 4.79 Å². The summed E-state index contributed by atoms with van der Waals surface area (Å²) in [6, 6.07) is 11.1. The second-order valence-corrected chi connectivity index (χ2v) is 7.32. The molecular formula is C19H18BrN5O2. The number of ether oxygens (including phenoxy) is 1. The summed E-state index contributed by atoms with van der Waals surface area (Å²) in [5.74, 6) is 1.41. The number of aromatic nitrogens is 4. The van der Waals surface area contributed by atoms with Crippen LogP contribution in [0.15, 0.2) is 47.2 Å². The lowest BCUT2D eigenvalue weighted by molar-refractivity contribution is 0.102. The Morgan fingerprint density at radius 2 is 2.19 bits per heavy atom. The number of halogens is 1. The standard InChI is InChI=1S/C19H18BrN5O2/c1-12-4-3-9-27-16-8-7-13(20)10-14(16)19(26)23-17-6-2-5-15(22-17)18-24-21-11-25(12)18/h2,5-8,10-12H,3-4,9H2,1H3,(H,22,23,26). The first kappa shape index (κ1) is 17.7. The number of nitrogens with zero attached hydrogens (tertiary/aromatic N) is 4. The Morgan fingerprint density at radius 3 is 3.07 bits per heavy atom. The Kier molecular flexibility index (Phi) is 4.89. The van der Waals surface area contributed by atoms with Gasteiger partial charge in [-0.3, -0.25) is 4.79 Å². The first-order valence-electron chi connectivity index (χ1n) is 8.72. The Balaban J connectivity index is 1.77. The van der Waals surface area contributed by atoms with Gasteiger partial charge in [0.25, 0.3) is 5.91 Å². The van der Waals surface area contributed by atoms with Crippen LogP contribution in [0.5, 0.6) is 5.75 Å². The molecule has 1 atom stereocenters. The molecule has 3 heterocycles. The smallest absolute Gasteiger partial charge is 0.260 e. The molecule has 1 N–H and O–H groups in total. The summed E-state index contributed by atoms with van der Waals surface area (Å²) in [6.07, 6.45) is 3.44. The zero-order chi connectivity index (χ0) is 18.8. The van der Waals surface area contributed by atoms with Crippen LogP contribution < -0.4 is 10.1 Å². The van der Waals surface area contributed by atoms with Gasteiger partial charge in [0.15, 0.2) is 5.82 Å². The van der Waals surface area contributed by atoms with E-state index in [-0.39, 0.29) is 11.9 Å². The summed E-state index contributed by atoms with van der Waals surface area (Å²) in [5, 5.41) is 11.1. The number of pyridine rings is 1. The van der Waals surface area contributed by atoms with Gasteiger partial charge < -0.3 is 14.6 Å². The molecule has 0 aliphatic carbocycles. The van der Waals surface area contributed by atoms with E-state index in [2.05, 4.69) is 43.4 Å². The number of carbonyl (C=O) groups is 1.